The molecule has 3 N–H and O–H groups in total. The first kappa shape index (κ1) is 17.6. The SMILES string of the molecule is NCCC12CCCCC1(O)CCc1c(OCc3ccccc3)cccc12. The smallest absolute Gasteiger partial charge is 0.123 e. The van der Waals surface area contributed by atoms with Gasteiger partial charge in [-0.05, 0) is 61.4 Å². The summed E-state index contributed by atoms with van der Waals surface area (Å²) in [6.45, 7) is 1.18. The van der Waals surface area contributed by atoms with Crippen molar-refractivity contribution in [3.05, 3.63) is 65.2 Å². The van der Waals surface area contributed by atoms with E-state index in [0.29, 0.717) is 13.2 Å². The van der Waals surface area contributed by atoms with Crippen LogP contribution >= 0.6 is 0 Å². The summed E-state index contributed by atoms with van der Waals surface area (Å²) in [5.41, 5.74) is 8.92. The van der Waals surface area contributed by atoms with Crippen LogP contribution in [-0.2, 0) is 18.4 Å². The average Bonchev–Trinajstić information content (AvgIpc) is 2.67. The lowest BCUT2D eigenvalue weighted by Gasteiger charge is -2.55. The van der Waals surface area contributed by atoms with Crippen LogP contribution in [0.4, 0.5) is 0 Å². The van der Waals surface area contributed by atoms with Gasteiger partial charge < -0.3 is 15.6 Å². The number of hydrogen-bond acceptors (Lipinski definition) is 3. The Labute approximate surface area is 156 Å². The summed E-state index contributed by atoms with van der Waals surface area (Å²) in [6, 6.07) is 16.6. The summed E-state index contributed by atoms with van der Waals surface area (Å²) in [7, 11) is 0. The quantitative estimate of drug-likeness (QED) is 0.852. The molecule has 2 aromatic rings. The van der Waals surface area contributed by atoms with Crippen LogP contribution in [0.15, 0.2) is 48.5 Å². The molecule has 2 aliphatic rings. The van der Waals surface area contributed by atoms with Crippen LogP contribution in [0, 0.1) is 0 Å². The van der Waals surface area contributed by atoms with Crippen molar-refractivity contribution in [3.63, 3.8) is 0 Å². The lowest BCUT2D eigenvalue weighted by Crippen LogP contribution is -2.57. The van der Waals surface area contributed by atoms with Gasteiger partial charge in [0.25, 0.3) is 0 Å². The summed E-state index contributed by atoms with van der Waals surface area (Å²) >= 11 is 0. The molecule has 0 heterocycles. The highest BCUT2D eigenvalue weighted by molar-refractivity contribution is 5.49. The van der Waals surface area contributed by atoms with Crippen molar-refractivity contribution in [1.29, 1.82) is 0 Å². The lowest BCUT2D eigenvalue weighted by molar-refractivity contribution is -0.0864. The van der Waals surface area contributed by atoms with Gasteiger partial charge in [0.15, 0.2) is 0 Å². The summed E-state index contributed by atoms with van der Waals surface area (Å²) < 4.78 is 6.21. The molecule has 0 aromatic heterocycles. The Bertz CT molecular complexity index is 756. The van der Waals surface area contributed by atoms with E-state index in [1.165, 1.54) is 16.7 Å². The maximum absolute atomic E-state index is 11.5. The summed E-state index contributed by atoms with van der Waals surface area (Å²) in [4.78, 5) is 0. The van der Waals surface area contributed by atoms with E-state index in [-0.39, 0.29) is 5.41 Å². The number of fused-ring (bicyclic) bond motifs is 3. The number of hydrogen-bond donors (Lipinski definition) is 2. The maximum atomic E-state index is 11.5. The Morgan fingerprint density at radius 2 is 1.77 bits per heavy atom. The van der Waals surface area contributed by atoms with Crippen LogP contribution in [0.25, 0.3) is 0 Å². The third-order valence-corrected chi connectivity index (χ3v) is 6.58. The third kappa shape index (κ3) is 2.83. The monoisotopic (exact) mass is 351 g/mol. The van der Waals surface area contributed by atoms with Crippen molar-refractivity contribution in [2.24, 2.45) is 5.73 Å². The summed E-state index contributed by atoms with van der Waals surface area (Å²) in [6.07, 6.45) is 6.73. The molecule has 0 spiro atoms. The van der Waals surface area contributed by atoms with Crippen molar-refractivity contribution >= 4 is 0 Å². The minimum atomic E-state index is -0.615. The highest BCUT2D eigenvalue weighted by Gasteiger charge is 2.55. The molecule has 0 radical (unpaired) electrons. The summed E-state index contributed by atoms with van der Waals surface area (Å²) in [5.74, 6) is 0.968. The van der Waals surface area contributed by atoms with Gasteiger partial charge >= 0.3 is 0 Å². The van der Waals surface area contributed by atoms with E-state index in [4.69, 9.17) is 10.5 Å². The van der Waals surface area contributed by atoms with Crippen LogP contribution in [0.1, 0.15) is 55.2 Å². The van der Waals surface area contributed by atoms with Crippen molar-refractivity contribution in [3.8, 4) is 5.75 Å². The van der Waals surface area contributed by atoms with Gasteiger partial charge in [0.1, 0.15) is 12.4 Å². The van der Waals surface area contributed by atoms with Crippen molar-refractivity contribution in [2.45, 2.75) is 62.6 Å². The van der Waals surface area contributed by atoms with Gasteiger partial charge in [-0.25, -0.2) is 0 Å². The molecule has 1 saturated carbocycles. The molecule has 3 heteroatoms. The Morgan fingerprint density at radius 1 is 0.962 bits per heavy atom. The fourth-order valence-electron chi connectivity index (χ4n) is 5.28. The Morgan fingerprint density at radius 3 is 2.58 bits per heavy atom. The summed E-state index contributed by atoms with van der Waals surface area (Å²) in [5, 5.41) is 11.5. The molecular weight excluding hydrogens is 322 g/mol. The van der Waals surface area contributed by atoms with Gasteiger partial charge in [-0.3, -0.25) is 0 Å². The van der Waals surface area contributed by atoms with Crippen molar-refractivity contribution < 1.29 is 9.84 Å². The predicted molar refractivity (Wildman–Crippen MR) is 104 cm³/mol. The van der Waals surface area contributed by atoms with Crippen LogP contribution in [0.2, 0.25) is 0 Å². The lowest BCUT2D eigenvalue weighted by atomic mass is 9.53. The predicted octanol–water partition coefficient (Wildman–Crippen LogP) is 4.10. The molecule has 0 bridgehead atoms. The molecule has 1 fully saturated rings. The average molecular weight is 351 g/mol. The van der Waals surface area contributed by atoms with Crippen LogP contribution in [0.3, 0.4) is 0 Å². The molecule has 0 amide bonds. The second kappa shape index (κ2) is 7.05. The maximum Gasteiger partial charge on any atom is 0.123 e. The van der Waals surface area contributed by atoms with Gasteiger partial charge in [0.2, 0.25) is 0 Å². The number of aliphatic hydroxyl groups is 1. The van der Waals surface area contributed by atoms with Crippen molar-refractivity contribution in [2.75, 3.05) is 6.54 Å². The Balaban J connectivity index is 1.69. The first-order valence-electron chi connectivity index (χ1n) is 9.90. The molecule has 4 rings (SSSR count). The standard InChI is InChI=1S/C23H29NO2/c24-16-15-22-12-4-5-13-23(22,25)14-11-19-20(22)9-6-10-21(19)26-17-18-7-2-1-3-8-18/h1-3,6-10,25H,4-5,11-17,24H2. The van der Waals surface area contributed by atoms with Gasteiger partial charge in [0, 0.05) is 5.41 Å². The highest BCUT2D eigenvalue weighted by Crippen LogP contribution is 2.55. The van der Waals surface area contributed by atoms with E-state index in [1.54, 1.807) is 0 Å². The number of ether oxygens (including phenoxy) is 1. The van der Waals surface area contributed by atoms with E-state index >= 15 is 0 Å². The first-order valence-corrected chi connectivity index (χ1v) is 9.90. The van der Waals surface area contributed by atoms with Gasteiger partial charge in [0.05, 0.1) is 5.60 Å². The molecule has 2 aromatic carbocycles. The van der Waals surface area contributed by atoms with Crippen molar-refractivity contribution in [1.82, 2.24) is 0 Å². The molecule has 2 unspecified atom stereocenters. The minimum absolute atomic E-state index is 0.209. The van der Waals surface area contributed by atoms with Crippen LogP contribution in [-0.4, -0.2) is 17.3 Å². The number of rotatable bonds is 5. The molecular formula is C23H29NO2. The first-order chi connectivity index (χ1) is 12.7. The van der Waals surface area contributed by atoms with E-state index in [9.17, 15) is 5.11 Å². The van der Waals surface area contributed by atoms with E-state index in [2.05, 4.69) is 30.3 Å². The number of benzene rings is 2. The second-order valence-corrected chi connectivity index (χ2v) is 7.92. The molecule has 3 nitrogen and oxygen atoms in total. The fraction of sp³-hybridized carbons (Fsp3) is 0.478. The zero-order valence-corrected chi connectivity index (χ0v) is 15.4. The number of nitrogens with two attached hydrogens (primary N) is 1. The van der Waals surface area contributed by atoms with Crippen LogP contribution < -0.4 is 10.5 Å². The van der Waals surface area contributed by atoms with Gasteiger partial charge in [-0.1, -0.05) is 55.3 Å². The Hall–Kier alpha value is -1.84. The molecule has 26 heavy (non-hydrogen) atoms. The zero-order valence-electron chi connectivity index (χ0n) is 15.4. The topological polar surface area (TPSA) is 55.5 Å². The second-order valence-electron chi connectivity index (χ2n) is 7.92. The normalized spacial score (nSPS) is 27.5. The van der Waals surface area contributed by atoms with Crippen LogP contribution in [0.5, 0.6) is 5.75 Å². The largest absolute Gasteiger partial charge is 0.489 e. The molecule has 138 valence electrons. The molecule has 2 aliphatic carbocycles. The van der Waals surface area contributed by atoms with E-state index in [1.807, 2.05) is 18.2 Å². The minimum Gasteiger partial charge on any atom is -0.489 e. The Kier molecular flexibility index (Phi) is 4.76. The molecule has 0 saturated heterocycles. The van der Waals surface area contributed by atoms with Gasteiger partial charge in [-0.2, -0.15) is 0 Å². The zero-order chi connectivity index (χ0) is 18.0. The van der Waals surface area contributed by atoms with E-state index in [0.717, 1.165) is 50.7 Å². The van der Waals surface area contributed by atoms with Gasteiger partial charge in [-0.15, -0.1) is 0 Å². The fourth-order valence-corrected chi connectivity index (χ4v) is 5.28. The molecule has 2 atom stereocenters. The molecule has 0 aliphatic heterocycles. The third-order valence-electron chi connectivity index (χ3n) is 6.58. The van der Waals surface area contributed by atoms with E-state index < -0.39 is 5.60 Å². The highest BCUT2D eigenvalue weighted by atomic mass is 16.5.